The van der Waals surface area contributed by atoms with Gasteiger partial charge in [0.15, 0.2) is 0 Å². The molecule has 1 heterocycles. The lowest BCUT2D eigenvalue weighted by Gasteiger charge is -2.22. The van der Waals surface area contributed by atoms with Crippen molar-refractivity contribution in [2.24, 2.45) is 0 Å². The number of nitrogens with zero attached hydrogens (tertiary/aromatic N) is 3. The molecule has 108 valence electrons. The highest BCUT2D eigenvalue weighted by atomic mass is 79.9. The van der Waals surface area contributed by atoms with Crippen LogP contribution in [0.15, 0.2) is 28.7 Å². The van der Waals surface area contributed by atoms with Crippen LogP contribution in [-0.2, 0) is 19.5 Å². The zero-order valence-corrected chi connectivity index (χ0v) is 14.2. The summed E-state index contributed by atoms with van der Waals surface area (Å²) in [5.41, 5.74) is 4.95. The second-order valence-electron chi connectivity index (χ2n) is 5.02. The third kappa shape index (κ3) is 2.90. The van der Waals surface area contributed by atoms with E-state index >= 15 is 0 Å². The Morgan fingerprint density at radius 3 is 2.55 bits per heavy atom. The Morgan fingerprint density at radius 1 is 1.25 bits per heavy atom. The number of aryl methyl sites for hydroxylation is 3. The Kier molecular flexibility index (Phi) is 4.86. The Bertz CT molecular complexity index is 589. The standard InChI is InChI=1S/C16H22BrN3/c1-5-13-16(17)15(20(6-2)18-13)11-19(4)14-10-8-7-9-12(14)3/h7-10H,5-6,11H2,1-4H3. The highest BCUT2D eigenvalue weighted by Gasteiger charge is 2.16. The molecule has 0 unspecified atom stereocenters. The second-order valence-corrected chi connectivity index (χ2v) is 5.81. The number of halogens is 1. The van der Waals surface area contributed by atoms with E-state index in [-0.39, 0.29) is 0 Å². The molecule has 0 aliphatic rings. The highest BCUT2D eigenvalue weighted by molar-refractivity contribution is 9.10. The third-order valence-electron chi connectivity index (χ3n) is 3.61. The minimum Gasteiger partial charge on any atom is -0.368 e. The van der Waals surface area contributed by atoms with E-state index < -0.39 is 0 Å². The fourth-order valence-electron chi connectivity index (χ4n) is 2.47. The van der Waals surface area contributed by atoms with Gasteiger partial charge in [-0.1, -0.05) is 25.1 Å². The van der Waals surface area contributed by atoms with E-state index in [1.165, 1.54) is 16.9 Å². The van der Waals surface area contributed by atoms with Gasteiger partial charge in [0.05, 0.1) is 22.4 Å². The van der Waals surface area contributed by atoms with Gasteiger partial charge in [0.2, 0.25) is 0 Å². The van der Waals surface area contributed by atoms with E-state index in [1.807, 2.05) is 0 Å². The summed E-state index contributed by atoms with van der Waals surface area (Å²) in [5, 5.41) is 4.66. The fraction of sp³-hybridized carbons (Fsp3) is 0.438. The maximum Gasteiger partial charge on any atom is 0.0767 e. The third-order valence-corrected chi connectivity index (χ3v) is 4.52. The van der Waals surface area contributed by atoms with E-state index in [2.05, 4.69) is 82.7 Å². The minimum atomic E-state index is 0.853. The van der Waals surface area contributed by atoms with Gasteiger partial charge in [-0.3, -0.25) is 4.68 Å². The normalized spacial score (nSPS) is 10.8. The molecule has 0 spiro atoms. The molecule has 0 aliphatic heterocycles. The number of benzene rings is 1. The van der Waals surface area contributed by atoms with Gasteiger partial charge in [-0.15, -0.1) is 0 Å². The molecule has 3 nitrogen and oxygen atoms in total. The van der Waals surface area contributed by atoms with E-state index in [0.29, 0.717) is 0 Å². The van der Waals surface area contributed by atoms with Crippen molar-refractivity contribution in [2.75, 3.05) is 11.9 Å². The first-order valence-corrected chi connectivity index (χ1v) is 7.88. The molecule has 0 N–H and O–H groups in total. The van der Waals surface area contributed by atoms with Crippen molar-refractivity contribution in [3.05, 3.63) is 45.7 Å². The lowest BCUT2D eigenvalue weighted by atomic mass is 10.2. The summed E-state index contributed by atoms with van der Waals surface area (Å²) >= 11 is 3.71. The molecule has 0 fully saturated rings. The fourth-order valence-corrected chi connectivity index (χ4v) is 3.16. The lowest BCUT2D eigenvalue weighted by Crippen LogP contribution is -2.20. The molecule has 0 radical (unpaired) electrons. The van der Waals surface area contributed by atoms with Gasteiger partial charge < -0.3 is 4.90 Å². The predicted molar refractivity (Wildman–Crippen MR) is 88.3 cm³/mol. The molecule has 2 rings (SSSR count). The average molecular weight is 336 g/mol. The summed E-state index contributed by atoms with van der Waals surface area (Å²) in [6.45, 7) is 8.18. The molecular formula is C16H22BrN3. The first kappa shape index (κ1) is 15.1. The maximum atomic E-state index is 4.66. The monoisotopic (exact) mass is 335 g/mol. The molecule has 0 aliphatic carbocycles. The van der Waals surface area contributed by atoms with Gasteiger partial charge in [-0.25, -0.2) is 0 Å². The van der Waals surface area contributed by atoms with Crippen molar-refractivity contribution in [1.82, 2.24) is 9.78 Å². The molecule has 1 aromatic heterocycles. The number of aromatic nitrogens is 2. The average Bonchev–Trinajstić information content (AvgIpc) is 2.75. The van der Waals surface area contributed by atoms with E-state index in [9.17, 15) is 0 Å². The lowest BCUT2D eigenvalue weighted by molar-refractivity contribution is 0.609. The molecule has 4 heteroatoms. The van der Waals surface area contributed by atoms with Crippen LogP contribution in [0, 0.1) is 6.92 Å². The summed E-state index contributed by atoms with van der Waals surface area (Å²) in [5.74, 6) is 0. The number of para-hydroxylation sites is 1. The Labute approximate surface area is 129 Å². The van der Waals surface area contributed by atoms with Crippen LogP contribution in [-0.4, -0.2) is 16.8 Å². The Balaban J connectivity index is 2.30. The van der Waals surface area contributed by atoms with E-state index in [0.717, 1.165) is 29.7 Å². The first-order chi connectivity index (χ1) is 9.58. The number of hydrogen-bond donors (Lipinski definition) is 0. The van der Waals surface area contributed by atoms with Crippen molar-refractivity contribution >= 4 is 21.6 Å². The van der Waals surface area contributed by atoms with Gasteiger partial charge in [-0.2, -0.15) is 5.10 Å². The maximum absolute atomic E-state index is 4.66. The van der Waals surface area contributed by atoms with Crippen LogP contribution in [0.4, 0.5) is 5.69 Å². The van der Waals surface area contributed by atoms with Crippen LogP contribution in [0.2, 0.25) is 0 Å². The largest absolute Gasteiger partial charge is 0.368 e. The van der Waals surface area contributed by atoms with Crippen LogP contribution in [0.1, 0.15) is 30.8 Å². The number of hydrogen-bond acceptors (Lipinski definition) is 2. The molecule has 0 saturated carbocycles. The molecule has 0 saturated heterocycles. The molecule has 2 aromatic rings. The first-order valence-electron chi connectivity index (χ1n) is 7.09. The SMILES string of the molecule is CCc1nn(CC)c(CN(C)c2ccccc2C)c1Br. The van der Waals surface area contributed by atoms with Crippen LogP contribution in [0.5, 0.6) is 0 Å². The molecule has 20 heavy (non-hydrogen) atoms. The Morgan fingerprint density at radius 2 is 1.95 bits per heavy atom. The van der Waals surface area contributed by atoms with Crippen LogP contribution < -0.4 is 4.90 Å². The zero-order valence-electron chi connectivity index (χ0n) is 12.7. The van der Waals surface area contributed by atoms with Crippen LogP contribution in [0.3, 0.4) is 0 Å². The van der Waals surface area contributed by atoms with Gasteiger partial charge in [0.1, 0.15) is 0 Å². The molecule has 0 bridgehead atoms. The van der Waals surface area contributed by atoms with Gasteiger partial charge in [0, 0.05) is 19.3 Å². The minimum absolute atomic E-state index is 0.853. The topological polar surface area (TPSA) is 21.1 Å². The predicted octanol–water partition coefficient (Wildman–Crippen LogP) is 4.17. The van der Waals surface area contributed by atoms with Crippen LogP contribution >= 0.6 is 15.9 Å². The van der Waals surface area contributed by atoms with Crippen molar-refractivity contribution in [3.8, 4) is 0 Å². The van der Waals surface area contributed by atoms with E-state index in [1.54, 1.807) is 0 Å². The van der Waals surface area contributed by atoms with Crippen molar-refractivity contribution in [2.45, 2.75) is 40.3 Å². The highest BCUT2D eigenvalue weighted by Crippen LogP contribution is 2.26. The van der Waals surface area contributed by atoms with Crippen molar-refractivity contribution < 1.29 is 0 Å². The zero-order chi connectivity index (χ0) is 14.7. The summed E-state index contributed by atoms with van der Waals surface area (Å²) in [6, 6.07) is 8.47. The molecule has 0 amide bonds. The van der Waals surface area contributed by atoms with Gasteiger partial charge in [-0.05, 0) is 47.8 Å². The molecular weight excluding hydrogens is 314 g/mol. The number of anilines is 1. The van der Waals surface area contributed by atoms with Crippen molar-refractivity contribution in [3.63, 3.8) is 0 Å². The van der Waals surface area contributed by atoms with Gasteiger partial charge in [0.25, 0.3) is 0 Å². The van der Waals surface area contributed by atoms with Gasteiger partial charge >= 0.3 is 0 Å². The summed E-state index contributed by atoms with van der Waals surface area (Å²) in [4.78, 5) is 2.28. The molecule has 1 aromatic carbocycles. The quantitative estimate of drug-likeness (QED) is 0.817. The van der Waals surface area contributed by atoms with E-state index in [4.69, 9.17) is 0 Å². The summed E-state index contributed by atoms with van der Waals surface area (Å²) in [7, 11) is 2.13. The second kappa shape index (κ2) is 6.44. The smallest absolute Gasteiger partial charge is 0.0767 e. The molecule has 0 atom stereocenters. The summed E-state index contributed by atoms with van der Waals surface area (Å²) < 4.78 is 3.25. The Hall–Kier alpha value is -1.29. The number of rotatable bonds is 5. The van der Waals surface area contributed by atoms with Crippen LogP contribution in [0.25, 0.3) is 0 Å². The van der Waals surface area contributed by atoms with Crippen molar-refractivity contribution in [1.29, 1.82) is 0 Å². The summed E-state index contributed by atoms with van der Waals surface area (Å²) in [6.07, 6.45) is 0.953.